The van der Waals surface area contributed by atoms with Crippen molar-refractivity contribution >= 4 is 29.6 Å². The molecule has 0 saturated carbocycles. The molecule has 0 fully saturated rings. The summed E-state index contributed by atoms with van der Waals surface area (Å²) >= 11 is 0. The Balaban J connectivity index is 2.59. The summed E-state index contributed by atoms with van der Waals surface area (Å²) in [5.74, 6) is -3.00. The Bertz CT molecular complexity index is 551. The van der Waals surface area contributed by atoms with Gasteiger partial charge in [-0.3, -0.25) is 9.59 Å². The van der Waals surface area contributed by atoms with Crippen molar-refractivity contribution in [1.29, 1.82) is 0 Å². The van der Waals surface area contributed by atoms with Crippen molar-refractivity contribution in [2.24, 2.45) is 0 Å². The van der Waals surface area contributed by atoms with Gasteiger partial charge < -0.3 is 21.3 Å². The van der Waals surface area contributed by atoms with Crippen LogP contribution in [0.1, 0.15) is 18.4 Å². The van der Waals surface area contributed by atoms with E-state index < -0.39 is 23.9 Å². The highest BCUT2D eigenvalue weighted by atomic mass is 16.4. The molecular formula is C14H16N2O5. The molecule has 0 spiro atoms. The van der Waals surface area contributed by atoms with Crippen molar-refractivity contribution in [2.75, 3.05) is 5.73 Å². The molecular weight excluding hydrogens is 276 g/mol. The lowest BCUT2D eigenvalue weighted by Gasteiger charge is -2.11. The lowest BCUT2D eigenvalue weighted by molar-refractivity contribution is -0.142. The number of amides is 1. The van der Waals surface area contributed by atoms with Gasteiger partial charge in [0.2, 0.25) is 5.91 Å². The molecule has 7 nitrogen and oxygen atoms in total. The molecule has 112 valence electrons. The van der Waals surface area contributed by atoms with E-state index in [1.165, 1.54) is 12.2 Å². The summed E-state index contributed by atoms with van der Waals surface area (Å²) in [4.78, 5) is 32.9. The third-order valence-corrected chi connectivity index (χ3v) is 2.63. The Morgan fingerprint density at radius 2 is 1.81 bits per heavy atom. The number of aliphatic carboxylic acids is 2. The maximum Gasteiger partial charge on any atom is 0.326 e. The van der Waals surface area contributed by atoms with Crippen LogP contribution in [-0.4, -0.2) is 34.1 Å². The second kappa shape index (κ2) is 7.68. The number of rotatable bonds is 7. The predicted octanol–water partition coefficient (Wildman–Crippen LogP) is 0.716. The van der Waals surface area contributed by atoms with Crippen molar-refractivity contribution in [2.45, 2.75) is 18.9 Å². The van der Waals surface area contributed by atoms with E-state index in [-0.39, 0.29) is 12.8 Å². The van der Waals surface area contributed by atoms with Crippen molar-refractivity contribution in [3.8, 4) is 0 Å². The standard InChI is InChI=1S/C14H16N2O5/c15-10-4-1-9(2-5-10)3-7-12(17)16-11(14(20)21)6-8-13(18)19/h1-5,7,11H,6,8,15H2,(H,16,17)(H,18,19)(H,20,21)/b7-3+/t11-/m0/s1. The molecule has 0 heterocycles. The van der Waals surface area contributed by atoms with Gasteiger partial charge in [0.05, 0.1) is 0 Å². The van der Waals surface area contributed by atoms with E-state index in [9.17, 15) is 14.4 Å². The fourth-order valence-corrected chi connectivity index (χ4v) is 1.52. The number of carbonyl (C=O) groups is 3. The molecule has 0 saturated heterocycles. The van der Waals surface area contributed by atoms with E-state index in [2.05, 4.69) is 5.32 Å². The zero-order valence-corrected chi connectivity index (χ0v) is 11.2. The van der Waals surface area contributed by atoms with Gasteiger partial charge in [-0.15, -0.1) is 0 Å². The smallest absolute Gasteiger partial charge is 0.326 e. The minimum Gasteiger partial charge on any atom is -0.481 e. The first-order valence-corrected chi connectivity index (χ1v) is 6.17. The Morgan fingerprint density at radius 1 is 1.19 bits per heavy atom. The molecule has 7 heteroatoms. The van der Waals surface area contributed by atoms with E-state index >= 15 is 0 Å². The summed E-state index contributed by atoms with van der Waals surface area (Å²) < 4.78 is 0. The highest BCUT2D eigenvalue weighted by Gasteiger charge is 2.19. The first kappa shape index (κ1) is 16.2. The minimum absolute atomic E-state index is 0.174. The molecule has 0 unspecified atom stereocenters. The largest absolute Gasteiger partial charge is 0.481 e. The van der Waals surface area contributed by atoms with Crippen LogP contribution in [0.5, 0.6) is 0 Å². The zero-order valence-electron chi connectivity index (χ0n) is 11.2. The molecule has 5 N–H and O–H groups in total. The lowest BCUT2D eigenvalue weighted by atomic mass is 10.1. The summed E-state index contributed by atoms with van der Waals surface area (Å²) in [5.41, 5.74) is 6.85. The van der Waals surface area contributed by atoms with Gasteiger partial charge in [-0.05, 0) is 30.2 Å². The third-order valence-electron chi connectivity index (χ3n) is 2.63. The fourth-order valence-electron chi connectivity index (χ4n) is 1.52. The van der Waals surface area contributed by atoms with E-state index in [4.69, 9.17) is 15.9 Å². The average molecular weight is 292 g/mol. The van der Waals surface area contributed by atoms with E-state index in [0.29, 0.717) is 5.69 Å². The summed E-state index contributed by atoms with van der Waals surface area (Å²) in [5, 5.41) is 19.7. The average Bonchev–Trinajstić information content (AvgIpc) is 2.42. The minimum atomic E-state index is -1.27. The number of hydrogen-bond donors (Lipinski definition) is 4. The number of benzene rings is 1. The van der Waals surface area contributed by atoms with Gasteiger partial charge in [0.15, 0.2) is 0 Å². The van der Waals surface area contributed by atoms with Gasteiger partial charge in [0.25, 0.3) is 0 Å². The number of nitrogens with one attached hydrogen (secondary N) is 1. The molecule has 0 aromatic heterocycles. The number of anilines is 1. The van der Waals surface area contributed by atoms with Crippen molar-refractivity contribution in [1.82, 2.24) is 5.32 Å². The fraction of sp³-hybridized carbons (Fsp3) is 0.214. The van der Waals surface area contributed by atoms with Gasteiger partial charge in [-0.2, -0.15) is 0 Å². The molecule has 1 rings (SSSR count). The monoisotopic (exact) mass is 292 g/mol. The van der Waals surface area contributed by atoms with Crippen LogP contribution in [0.15, 0.2) is 30.3 Å². The molecule has 21 heavy (non-hydrogen) atoms. The number of hydrogen-bond acceptors (Lipinski definition) is 4. The Kier molecular flexibility index (Phi) is 5.94. The van der Waals surface area contributed by atoms with Crippen molar-refractivity contribution in [3.05, 3.63) is 35.9 Å². The van der Waals surface area contributed by atoms with Crippen LogP contribution >= 0.6 is 0 Å². The normalized spacial score (nSPS) is 12.0. The number of nitrogen functional groups attached to an aromatic ring is 1. The Morgan fingerprint density at radius 3 is 2.33 bits per heavy atom. The third kappa shape index (κ3) is 6.24. The van der Waals surface area contributed by atoms with Gasteiger partial charge in [0, 0.05) is 18.2 Å². The van der Waals surface area contributed by atoms with Crippen LogP contribution in [0.25, 0.3) is 6.08 Å². The molecule has 0 aliphatic rings. The van der Waals surface area contributed by atoms with Crippen LogP contribution in [0.2, 0.25) is 0 Å². The van der Waals surface area contributed by atoms with Gasteiger partial charge in [-0.25, -0.2) is 4.79 Å². The molecule has 0 bridgehead atoms. The maximum absolute atomic E-state index is 11.6. The van der Waals surface area contributed by atoms with Crippen LogP contribution in [-0.2, 0) is 14.4 Å². The second-order valence-corrected chi connectivity index (χ2v) is 4.33. The van der Waals surface area contributed by atoms with E-state index in [1.807, 2.05) is 0 Å². The first-order chi connectivity index (χ1) is 9.88. The molecule has 0 aliphatic heterocycles. The first-order valence-electron chi connectivity index (χ1n) is 6.17. The summed E-state index contributed by atoms with van der Waals surface area (Å²) in [7, 11) is 0. The lowest BCUT2D eigenvalue weighted by Crippen LogP contribution is -2.40. The van der Waals surface area contributed by atoms with Crippen LogP contribution < -0.4 is 11.1 Å². The molecule has 1 aromatic carbocycles. The number of carbonyl (C=O) groups excluding carboxylic acids is 1. The molecule has 1 atom stereocenters. The van der Waals surface area contributed by atoms with E-state index in [1.54, 1.807) is 24.3 Å². The summed E-state index contributed by atoms with van der Waals surface area (Å²) in [6.45, 7) is 0. The summed E-state index contributed by atoms with van der Waals surface area (Å²) in [6, 6.07) is 5.52. The van der Waals surface area contributed by atoms with Gasteiger partial charge >= 0.3 is 11.9 Å². The van der Waals surface area contributed by atoms with Crippen LogP contribution in [0, 0.1) is 0 Å². The highest BCUT2D eigenvalue weighted by molar-refractivity contribution is 5.94. The number of carboxylic acid groups (broad SMARTS) is 2. The molecule has 0 aliphatic carbocycles. The van der Waals surface area contributed by atoms with Gasteiger partial charge in [-0.1, -0.05) is 12.1 Å². The maximum atomic E-state index is 11.6. The van der Waals surface area contributed by atoms with Crippen LogP contribution in [0.3, 0.4) is 0 Å². The second-order valence-electron chi connectivity index (χ2n) is 4.33. The highest BCUT2D eigenvalue weighted by Crippen LogP contribution is 2.07. The van der Waals surface area contributed by atoms with E-state index in [0.717, 1.165) is 5.56 Å². The predicted molar refractivity (Wildman–Crippen MR) is 76.3 cm³/mol. The SMILES string of the molecule is Nc1ccc(/C=C/C(=O)N[C@@H](CCC(=O)O)C(=O)O)cc1. The topological polar surface area (TPSA) is 130 Å². The Labute approximate surface area is 121 Å². The van der Waals surface area contributed by atoms with Crippen molar-refractivity contribution < 1.29 is 24.6 Å². The summed E-state index contributed by atoms with van der Waals surface area (Å²) in [6.07, 6.45) is 2.18. The zero-order chi connectivity index (χ0) is 15.8. The van der Waals surface area contributed by atoms with Crippen molar-refractivity contribution in [3.63, 3.8) is 0 Å². The number of nitrogens with two attached hydrogens (primary N) is 1. The number of carboxylic acids is 2. The Hall–Kier alpha value is -2.83. The molecule has 1 aromatic rings. The molecule has 1 amide bonds. The quantitative estimate of drug-likeness (QED) is 0.432. The van der Waals surface area contributed by atoms with Crippen LogP contribution in [0.4, 0.5) is 5.69 Å². The molecule has 0 radical (unpaired) electrons. The van der Waals surface area contributed by atoms with Gasteiger partial charge in [0.1, 0.15) is 6.04 Å².